The van der Waals surface area contributed by atoms with Gasteiger partial charge in [-0.2, -0.15) is 9.29 Å². The number of rotatable bonds is 6. The maximum Gasteiger partial charge on any atom is 0.243 e. The Morgan fingerprint density at radius 3 is 2.25 bits per heavy atom. The van der Waals surface area contributed by atoms with Gasteiger partial charge in [0.05, 0.1) is 17.0 Å². The number of halogens is 1. The Morgan fingerprint density at radius 1 is 1.18 bits per heavy atom. The Morgan fingerprint density at radius 2 is 1.75 bits per heavy atom. The van der Waals surface area contributed by atoms with Crippen LogP contribution in [0.15, 0.2) is 33.7 Å². The molecule has 28 heavy (non-hydrogen) atoms. The third-order valence-electron chi connectivity index (χ3n) is 3.97. The van der Waals surface area contributed by atoms with Crippen LogP contribution >= 0.6 is 0 Å². The van der Waals surface area contributed by atoms with Gasteiger partial charge in [0.1, 0.15) is 5.82 Å². The molecule has 1 heterocycles. The van der Waals surface area contributed by atoms with E-state index in [1.54, 1.807) is 13.8 Å². The summed E-state index contributed by atoms with van der Waals surface area (Å²) < 4.78 is 44.2. The van der Waals surface area contributed by atoms with Crippen LogP contribution < -0.4 is 5.32 Å². The molecule has 0 atom stereocenters. The molecule has 1 amide bonds. The van der Waals surface area contributed by atoms with Gasteiger partial charge in [0.25, 0.3) is 0 Å². The summed E-state index contributed by atoms with van der Waals surface area (Å²) in [5.41, 5.74) is -1.31. The first-order valence-corrected chi connectivity index (χ1v) is 10.0. The lowest BCUT2D eigenvalue weighted by Gasteiger charge is -2.24. The fourth-order valence-corrected chi connectivity index (χ4v) is 3.43. The molecule has 1 N–H and O–H groups in total. The maximum absolute atomic E-state index is 13.0. The molecule has 0 radical (unpaired) electrons. The normalized spacial score (nSPS) is 13.0. The van der Waals surface area contributed by atoms with Crippen molar-refractivity contribution in [3.05, 3.63) is 41.8 Å². The number of carbonyl (C=O) groups excluding carboxylic acids is 1. The Bertz CT molecular complexity index is 947. The number of benzene rings is 1. The number of carbonyl (C=O) groups is 1. The van der Waals surface area contributed by atoms with E-state index in [1.165, 1.54) is 7.05 Å². The van der Waals surface area contributed by atoms with Crippen LogP contribution in [0, 0.1) is 5.82 Å². The molecule has 1 aromatic heterocycles. The first kappa shape index (κ1) is 22.0. The second kappa shape index (κ2) is 7.59. The first-order chi connectivity index (χ1) is 12.7. The van der Waals surface area contributed by atoms with Crippen LogP contribution in [-0.4, -0.2) is 42.4 Å². The zero-order valence-corrected chi connectivity index (χ0v) is 17.6. The third-order valence-corrected chi connectivity index (χ3v) is 5.78. The molecule has 0 unspecified atom stereocenters. The van der Waals surface area contributed by atoms with Crippen LogP contribution in [-0.2, 0) is 25.8 Å². The van der Waals surface area contributed by atoms with Crippen molar-refractivity contribution in [2.24, 2.45) is 0 Å². The number of likely N-dealkylation sites (N-methyl/N-ethyl adjacent to an activating group) is 1. The Labute approximate surface area is 164 Å². The lowest BCUT2D eigenvalue weighted by atomic mass is 9.97. The minimum atomic E-state index is -3.93. The van der Waals surface area contributed by atoms with Gasteiger partial charge in [0.15, 0.2) is 5.82 Å². The molecule has 2 rings (SSSR count). The van der Waals surface area contributed by atoms with E-state index in [9.17, 15) is 17.6 Å². The summed E-state index contributed by atoms with van der Waals surface area (Å²) in [6.07, 6.45) is 0. The van der Waals surface area contributed by atoms with Crippen LogP contribution in [0.2, 0.25) is 0 Å². The molecule has 0 saturated heterocycles. The minimum absolute atomic E-state index is 0.101. The van der Waals surface area contributed by atoms with E-state index in [0.29, 0.717) is 5.89 Å². The van der Waals surface area contributed by atoms with Gasteiger partial charge >= 0.3 is 0 Å². The molecule has 10 heteroatoms. The van der Waals surface area contributed by atoms with Crippen molar-refractivity contribution in [3.63, 3.8) is 0 Å². The van der Waals surface area contributed by atoms with E-state index in [-0.39, 0.29) is 16.1 Å². The predicted molar refractivity (Wildman–Crippen MR) is 100 cm³/mol. The maximum atomic E-state index is 13.0. The van der Waals surface area contributed by atoms with Crippen molar-refractivity contribution in [2.75, 3.05) is 13.6 Å². The van der Waals surface area contributed by atoms with E-state index in [0.717, 1.165) is 28.6 Å². The number of nitrogens with one attached hydrogen (secondary N) is 1. The second-order valence-electron chi connectivity index (χ2n) is 8.06. The van der Waals surface area contributed by atoms with Gasteiger partial charge in [-0.25, -0.2) is 12.8 Å². The first-order valence-electron chi connectivity index (χ1n) is 8.61. The molecular formula is C18H25FN4O4S. The summed E-state index contributed by atoms with van der Waals surface area (Å²) in [5.74, 6) is -0.369. The predicted octanol–water partition coefficient (Wildman–Crippen LogP) is 2.18. The quantitative estimate of drug-likeness (QED) is 0.780. The molecule has 8 nitrogen and oxygen atoms in total. The number of hydrogen-bond donors (Lipinski definition) is 1. The van der Waals surface area contributed by atoms with Crippen molar-refractivity contribution in [3.8, 4) is 0 Å². The Hall–Kier alpha value is -2.33. The lowest BCUT2D eigenvalue weighted by Crippen LogP contribution is -2.46. The molecule has 2 aromatic rings. The van der Waals surface area contributed by atoms with Gasteiger partial charge in [-0.1, -0.05) is 25.9 Å². The summed E-state index contributed by atoms with van der Waals surface area (Å²) in [7, 11) is -2.66. The Kier molecular flexibility index (Phi) is 5.95. The summed E-state index contributed by atoms with van der Waals surface area (Å²) in [6.45, 7) is 8.72. The molecule has 0 aliphatic rings. The van der Waals surface area contributed by atoms with E-state index in [1.807, 2.05) is 20.8 Å². The smallest absolute Gasteiger partial charge is 0.243 e. The van der Waals surface area contributed by atoms with E-state index < -0.39 is 33.8 Å². The highest BCUT2D eigenvalue weighted by atomic mass is 32.2. The molecule has 0 aliphatic heterocycles. The highest BCUT2D eigenvalue weighted by Gasteiger charge is 2.32. The van der Waals surface area contributed by atoms with Crippen LogP contribution in [0.25, 0.3) is 0 Å². The highest BCUT2D eigenvalue weighted by Crippen LogP contribution is 2.24. The standard InChI is InChI=1S/C18H25FN4O4S/c1-17(2,3)16-20-15(22-27-16)18(4,5)21-14(24)11-23(6)28(25,26)13-9-7-12(19)8-10-13/h7-10H,11H2,1-6H3,(H,21,24). The summed E-state index contributed by atoms with van der Waals surface area (Å²) >= 11 is 0. The van der Waals surface area contributed by atoms with Crippen molar-refractivity contribution < 1.29 is 22.1 Å². The van der Waals surface area contributed by atoms with Gasteiger partial charge in [-0.15, -0.1) is 0 Å². The second-order valence-corrected chi connectivity index (χ2v) is 10.1. The van der Waals surface area contributed by atoms with E-state index in [2.05, 4.69) is 15.5 Å². The largest absolute Gasteiger partial charge is 0.343 e. The average molecular weight is 412 g/mol. The van der Waals surface area contributed by atoms with Crippen LogP contribution in [0.5, 0.6) is 0 Å². The number of amides is 1. The molecule has 0 bridgehead atoms. The Balaban J connectivity index is 2.09. The van der Waals surface area contributed by atoms with Gasteiger partial charge in [0, 0.05) is 12.5 Å². The lowest BCUT2D eigenvalue weighted by molar-refractivity contribution is -0.122. The zero-order valence-electron chi connectivity index (χ0n) is 16.8. The number of hydrogen-bond acceptors (Lipinski definition) is 6. The van der Waals surface area contributed by atoms with Crippen LogP contribution in [0.1, 0.15) is 46.3 Å². The van der Waals surface area contributed by atoms with Gasteiger partial charge < -0.3 is 9.84 Å². The summed E-state index contributed by atoms with van der Waals surface area (Å²) in [5, 5.41) is 6.63. The zero-order chi connectivity index (χ0) is 21.3. The molecule has 1 aromatic carbocycles. The highest BCUT2D eigenvalue weighted by molar-refractivity contribution is 7.89. The van der Waals surface area contributed by atoms with Gasteiger partial charge in [-0.3, -0.25) is 4.79 Å². The molecule has 154 valence electrons. The summed E-state index contributed by atoms with van der Waals surface area (Å²) in [4.78, 5) is 16.6. The molecular weight excluding hydrogens is 387 g/mol. The third kappa shape index (κ3) is 4.93. The molecule has 0 aliphatic carbocycles. The number of aromatic nitrogens is 2. The van der Waals surface area contributed by atoms with Crippen LogP contribution in [0.3, 0.4) is 0 Å². The monoisotopic (exact) mass is 412 g/mol. The molecule has 0 saturated carbocycles. The number of nitrogens with zero attached hydrogens (tertiary/aromatic N) is 3. The number of sulfonamides is 1. The van der Waals surface area contributed by atoms with Crippen molar-refractivity contribution >= 4 is 15.9 Å². The van der Waals surface area contributed by atoms with Gasteiger partial charge in [0.2, 0.25) is 21.8 Å². The summed E-state index contributed by atoms with van der Waals surface area (Å²) in [6, 6.07) is 4.40. The fourth-order valence-electron chi connectivity index (χ4n) is 2.30. The molecule has 0 fully saturated rings. The average Bonchev–Trinajstić information content (AvgIpc) is 3.05. The van der Waals surface area contributed by atoms with Crippen molar-refractivity contribution in [1.82, 2.24) is 19.8 Å². The van der Waals surface area contributed by atoms with Crippen LogP contribution in [0.4, 0.5) is 4.39 Å². The van der Waals surface area contributed by atoms with E-state index >= 15 is 0 Å². The molecule has 0 spiro atoms. The van der Waals surface area contributed by atoms with E-state index in [4.69, 9.17) is 4.52 Å². The van der Waals surface area contributed by atoms with Gasteiger partial charge in [-0.05, 0) is 38.1 Å². The SMILES string of the molecule is CN(CC(=O)NC(C)(C)c1noc(C(C)(C)C)n1)S(=O)(=O)c1ccc(F)cc1. The van der Waals surface area contributed by atoms with Crippen molar-refractivity contribution in [2.45, 2.75) is 50.5 Å². The fraction of sp³-hybridized carbons (Fsp3) is 0.500. The topological polar surface area (TPSA) is 105 Å². The minimum Gasteiger partial charge on any atom is -0.343 e. The van der Waals surface area contributed by atoms with Crippen molar-refractivity contribution in [1.29, 1.82) is 0 Å².